The minimum Gasteiger partial charge on any atom is -0.353 e. The first-order valence-corrected chi connectivity index (χ1v) is 8.59. The van der Waals surface area contributed by atoms with Gasteiger partial charge in [0.1, 0.15) is 0 Å². The first-order chi connectivity index (χ1) is 9.80. The summed E-state index contributed by atoms with van der Waals surface area (Å²) in [7, 11) is -0.271. The molecule has 0 aliphatic heterocycles. The molecule has 0 spiro atoms. The summed E-state index contributed by atoms with van der Waals surface area (Å²) in [5.74, 6) is 0.688. The fraction of sp³-hybridized carbons (Fsp3) is 0.727. The van der Waals surface area contributed by atoms with E-state index in [-0.39, 0.29) is 23.5 Å². The second kappa shape index (κ2) is 7.71. The maximum Gasteiger partial charge on any atom is 0.231 e. The SMILES string of the molecule is CCN(CC)c1nc(Cl)nc(NCCS(=O)(=O)N(C)C)n1. The molecule has 0 amide bonds. The highest BCUT2D eigenvalue weighted by Crippen LogP contribution is 2.13. The largest absolute Gasteiger partial charge is 0.353 e. The minimum absolute atomic E-state index is 0.0517. The van der Waals surface area contributed by atoms with Crippen LogP contribution in [0, 0.1) is 0 Å². The van der Waals surface area contributed by atoms with Gasteiger partial charge in [0.25, 0.3) is 0 Å². The van der Waals surface area contributed by atoms with Crippen molar-refractivity contribution in [1.29, 1.82) is 0 Å². The van der Waals surface area contributed by atoms with Crippen LogP contribution in [0.3, 0.4) is 0 Å². The first kappa shape index (κ1) is 17.9. The summed E-state index contributed by atoms with van der Waals surface area (Å²) in [5.41, 5.74) is 0. The van der Waals surface area contributed by atoms with Crippen LogP contribution in [0.1, 0.15) is 13.8 Å². The molecule has 10 heteroatoms. The van der Waals surface area contributed by atoms with Gasteiger partial charge >= 0.3 is 0 Å². The maximum absolute atomic E-state index is 11.7. The van der Waals surface area contributed by atoms with Crippen LogP contribution in [-0.4, -0.2) is 67.2 Å². The predicted octanol–water partition coefficient (Wildman–Crippen LogP) is 0.674. The van der Waals surface area contributed by atoms with Crippen molar-refractivity contribution in [2.24, 2.45) is 0 Å². The van der Waals surface area contributed by atoms with Crippen molar-refractivity contribution in [2.45, 2.75) is 13.8 Å². The van der Waals surface area contributed by atoms with Gasteiger partial charge < -0.3 is 10.2 Å². The molecule has 0 aliphatic rings. The smallest absolute Gasteiger partial charge is 0.231 e. The summed E-state index contributed by atoms with van der Waals surface area (Å²) < 4.78 is 24.5. The highest BCUT2D eigenvalue weighted by molar-refractivity contribution is 7.89. The number of hydrogen-bond donors (Lipinski definition) is 1. The van der Waals surface area contributed by atoms with Gasteiger partial charge in [0.2, 0.25) is 27.2 Å². The highest BCUT2D eigenvalue weighted by atomic mass is 35.5. The molecule has 0 fully saturated rings. The summed E-state index contributed by atoms with van der Waals surface area (Å²) in [4.78, 5) is 14.2. The maximum atomic E-state index is 11.7. The van der Waals surface area contributed by atoms with Gasteiger partial charge in [-0.2, -0.15) is 15.0 Å². The Morgan fingerprint density at radius 3 is 2.29 bits per heavy atom. The molecule has 8 nitrogen and oxygen atoms in total. The van der Waals surface area contributed by atoms with Crippen molar-refractivity contribution in [3.8, 4) is 0 Å². The summed E-state index contributed by atoms with van der Waals surface area (Å²) >= 11 is 5.87. The zero-order valence-electron chi connectivity index (χ0n) is 12.7. The van der Waals surface area contributed by atoms with Gasteiger partial charge in [0, 0.05) is 33.7 Å². The van der Waals surface area contributed by atoms with Crippen molar-refractivity contribution in [3.05, 3.63) is 5.28 Å². The molecule has 0 aromatic carbocycles. The van der Waals surface area contributed by atoms with Gasteiger partial charge in [-0.05, 0) is 25.4 Å². The van der Waals surface area contributed by atoms with E-state index in [2.05, 4.69) is 20.3 Å². The molecule has 0 saturated heterocycles. The van der Waals surface area contributed by atoms with Crippen molar-refractivity contribution in [3.63, 3.8) is 0 Å². The third kappa shape index (κ3) is 5.25. The number of sulfonamides is 1. The number of nitrogens with zero attached hydrogens (tertiary/aromatic N) is 5. The van der Waals surface area contributed by atoms with E-state index in [9.17, 15) is 8.42 Å². The van der Waals surface area contributed by atoms with Crippen molar-refractivity contribution < 1.29 is 8.42 Å². The van der Waals surface area contributed by atoms with Crippen LogP contribution in [0.5, 0.6) is 0 Å². The van der Waals surface area contributed by atoms with E-state index in [1.807, 2.05) is 18.7 Å². The normalized spacial score (nSPS) is 11.7. The van der Waals surface area contributed by atoms with Crippen LogP contribution < -0.4 is 10.2 Å². The number of anilines is 2. The first-order valence-electron chi connectivity index (χ1n) is 6.60. The van der Waals surface area contributed by atoms with E-state index in [1.54, 1.807) is 0 Å². The Labute approximate surface area is 130 Å². The summed E-state index contributed by atoms with van der Waals surface area (Å²) in [6, 6.07) is 0. The summed E-state index contributed by atoms with van der Waals surface area (Å²) in [5, 5.41) is 2.93. The summed E-state index contributed by atoms with van der Waals surface area (Å²) in [6.07, 6.45) is 0. The Kier molecular flexibility index (Phi) is 6.56. The van der Waals surface area contributed by atoms with Crippen LogP contribution in [-0.2, 0) is 10.0 Å². The molecule has 0 aliphatic carbocycles. The highest BCUT2D eigenvalue weighted by Gasteiger charge is 2.14. The van der Waals surface area contributed by atoms with Crippen LogP contribution >= 0.6 is 11.6 Å². The standard InChI is InChI=1S/C11H21ClN6O2S/c1-5-18(6-2)11-15-9(12)14-10(16-11)13-7-8-21(19,20)17(3)4/h5-8H2,1-4H3,(H,13,14,15,16). The van der Waals surface area contributed by atoms with Gasteiger partial charge in [-0.1, -0.05) is 0 Å². The number of aromatic nitrogens is 3. The van der Waals surface area contributed by atoms with Crippen molar-refractivity contribution >= 4 is 33.5 Å². The van der Waals surface area contributed by atoms with Gasteiger partial charge in [0.15, 0.2) is 0 Å². The fourth-order valence-corrected chi connectivity index (χ4v) is 2.42. The molecule has 21 heavy (non-hydrogen) atoms. The van der Waals surface area contributed by atoms with Crippen LogP contribution in [0.2, 0.25) is 5.28 Å². The zero-order valence-corrected chi connectivity index (χ0v) is 14.2. The van der Waals surface area contributed by atoms with E-state index in [4.69, 9.17) is 11.6 Å². The van der Waals surface area contributed by atoms with Crippen molar-refractivity contribution in [1.82, 2.24) is 19.3 Å². The van der Waals surface area contributed by atoms with Crippen molar-refractivity contribution in [2.75, 3.05) is 49.7 Å². The van der Waals surface area contributed by atoms with E-state index in [0.29, 0.717) is 5.95 Å². The van der Waals surface area contributed by atoms with Gasteiger partial charge in [-0.25, -0.2) is 12.7 Å². The molecule has 1 heterocycles. The number of hydrogen-bond acceptors (Lipinski definition) is 7. The van der Waals surface area contributed by atoms with E-state index >= 15 is 0 Å². The Bertz CT molecular complexity index is 562. The van der Waals surface area contributed by atoms with Crippen LogP contribution in [0.4, 0.5) is 11.9 Å². The molecule has 1 N–H and O–H groups in total. The zero-order chi connectivity index (χ0) is 16.0. The molecule has 0 bridgehead atoms. The molecular formula is C11H21ClN6O2S. The lowest BCUT2D eigenvalue weighted by molar-refractivity contribution is 0.521. The Hall–Kier alpha value is -1.19. The number of halogens is 1. The third-order valence-corrected chi connectivity index (χ3v) is 4.84. The van der Waals surface area contributed by atoms with Crippen LogP contribution in [0.25, 0.3) is 0 Å². The lowest BCUT2D eigenvalue weighted by Crippen LogP contribution is -2.29. The third-order valence-electron chi connectivity index (χ3n) is 2.84. The molecule has 1 aromatic heterocycles. The average molecular weight is 337 g/mol. The number of rotatable bonds is 8. The quantitative estimate of drug-likeness (QED) is 0.746. The Balaban J connectivity index is 2.76. The van der Waals surface area contributed by atoms with E-state index < -0.39 is 10.0 Å². The molecule has 0 saturated carbocycles. The van der Waals surface area contributed by atoms with E-state index in [1.165, 1.54) is 18.4 Å². The second-order valence-electron chi connectivity index (χ2n) is 4.43. The molecule has 0 radical (unpaired) electrons. The molecule has 1 aromatic rings. The molecule has 0 unspecified atom stereocenters. The molecule has 120 valence electrons. The van der Waals surface area contributed by atoms with Crippen LogP contribution in [0.15, 0.2) is 0 Å². The summed E-state index contributed by atoms with van der Waals surface area (Å²) in [6.45, 7) is 5.64. The molecule has 1 rings (SSSR count). The van der Waals surface area contributed by atoms with Gasteiger partial charge in [-0.15, -0.1) is 0 Å². The minimum atomic E-state index is -3.26. The van der Waals surface area contributed by atoms with Gasteiger partial charge in [-0.3, -0.25) is 0 Å². The lowest BCUT2D eigenvalue weighted by atomic mass is 10.5. The average Bonchev–Trinajstić information content (AvgIpc) is 2.39. The lowest BCUT2D eigenvalue weighted by Gasteiger charge is -2.19. The predicted molar refractivity (Wildman–Crippen MR) is 84.4 cm³/mol. The van der Waals surface area contributed by atoms with Gasteiger partial charge in [0.05, 0.1) is 5.75 Å². The number of nitrogens with one attached hydrogen (secondary N) is 1. The topological polar surface area (TPSA) is 91.3 Å². The second-order valence-corrected chi connectivity index (χ2v) is 7.07. The fourth-order valence-electron chi connectivity index (χ4n) is 1.54. The van der Waals surface area contributed by atoms with E-state index in [0.717, 1.165) is 13.1 Å². The molecular weight excluding hydrogens is 316 g/mol. The monoisotopic (exact) mass is 336 g/mol. The molecule has 0 atom stereocenters. The Morgan fingerprint density at radius 2 is 1.76 bits per heavy atom. The Morgan fingerprint density at radius 1 is 1.14 bits per heavy atom.